The van der Waals surface area contributed by atoms with Crippen molar-refractivity contribution in [1.29, 1.82) is 0 Å². The van der Waals surface area contributed by atoms with Crippen molar-refractivity contribution in [2.75, 3.05) is 13.2 Å². The lowest BCUT2D eigenvalue weighted by atomic mass is 10.1. The Morgan fingerprint density at radius 3 is 2.38 bits per heavy atom. The molecule has 0 bridgehead atoms. The summed E-state index contributed by atoms with van der Waals surface area (Å²) in [5.41, 5.74) is 0.501. The number of para-hydroxylation sites is 1. The summed E-state index contributed by atoms with van der Waals surface area (Å²) < 4.78 is 9.63. The summed E-state index contributed by atoms with van der Waals surface area (Å²) in [6.45, 7) is 1.99. The van der Waals surface area contributed by atoms with Gasteiger partial charge in [0, 0.05) is 18.1 Å². The van der Waals surface area contributed by atoms with Gasteiger partial charge in [-0.15, -0.1) is 0 Å². The van der Waals surface area contributed by atoms with Crippen LogP contribution in [0.3, 0.4) is 0 Å². The molecule has 0 N–H and O–H groups in total. The lowest BCUT2D eigenvalue weighted by molar-refractivity contribution is -0.385. The molecule has 21 heavy (non-hydrogen) atoms. The molecule has 7 nitrogen and oxygen atoms in total. The Bertz CT molecular complexity index is 514. The Kier molecular flexibility index (Phi) is 6.86. The van der Waals surface area contributed by atoms with Crippen molar-refractivity contribution in [3.8, 4) is 0 Å². The monoisotopic (exact) mass is 295 g/mol. The van der Waals surface area contributed by atoms with Crippen LogP contribution in [0.2, 0.25) is 0 Å². The van der Waals surface area contributed by atoms with E-state index in [2.05, 4.69) is 4.74 Å². The highest BCUT2D eigenvalue weighted by Crippen LogP contribution is 2.18. The second kappa shape index (κ2) is 8.68. The summed E-state index contributed by atoms with van der Waals surface area (Å²) in [4.78, 5) is 32.8. The number of rotatable bonds is 8. The number of ether oxygens (including phenoxy) is 2. The van der Waals surface area contributed by atoms with Crippen molar-refractivity contribution >= 4 is 17.6 Å². The number of nitrogens with zero attached hydrogens (tertiary/aromatic N) is 1. The number of hydrogen-bond acceptors (Lipinski definition) is 6. The molecule has 0 atom stereocenters. The number of benzene rings is 1. The van der Waals surface area contributed by atoms with Crippen LogP contribution in [0.1, 0.15) is 25.3 Å². The molecule has 1 aromatic carbocycles. The van der Waals surface area contributed by atoms with Crippen molar-refractivity contribution in [1.82, 2.24) is 0 Å². The number of carbonyl (C=O) groups is 2. The Balaban J connectivity index is 2.35. The number of carbonyl (C=O) groups excluding carboxylic acids is 2. The molecular weight excluding hydrogens is 278 g/mol. The van der Waals surface area contributed by atoms with E-state index in [9.17, 15) is 19.7 Å². The quantitative estimate of drug-likeness (QED) is 0.413. The average Bonchev–Trinajstić information content (AvgIpc) is 2.46. The van der Waals surface area contributed by atoms with Gasteiger partial charge in [-0.05, 0) is 6.92 Å². The Labute approximate surface area is 122 Å². The molecule has 0 aliphatic heterocycles. The van der Waals surface area contributed by atoms with Gasteiger partial charge in [0.05, 0.1) is 31.0 Å². The second-order valence-corrected chi connectivity index (χ2v) is 4.16. The van der Waals surface area contributed by atoms with E-state index in [0.717, 1.165) is 0 Å². The molecule has 0 aliphatic rings. The molecule has 0 heterocycles. The first kappa shape index (κ1) is 16.6. The summed E-state index contributed by atoms with van der Waals surface area (Å²) in [6, 6.07) is 6.28. The predicted octanol–water partition coefficient (Wildman–Crippen LogP) is 2.02. The zero-order valence-electron chi connectivity index (χ0n) is 11.7. The molecule has 0 unspecified atom stereocenters. The fourth-order valence-electron chi connectivity index (χ4n) is 1.68. The topological polar surface area (TPSA) is 95.7 Å². The molecule has 114 valence electrons. The van der Waals surface area contributed by atoms with Crippen LogP contribution < -0.4 is 0 Å². The molecule has 0 radical (unpaired) electrons. The van der Waals surface area contributed by atoms with E-state index in [1.54, 1.807) is 25.1 Å². The van der Waals surface area contributed by atoms with E-state index in [0.29, 0.717) is 5.56 Å². The largest absolute Gasteiger partial charge is 0.466 e. The van der Waals surface area contributed by atoms with Gasteiger partial charge in [0.2, 0.25) is 0 Å². The van der Waals surface area contributed by atoms with E-state index >= 15 is 0 Å². The van der Waals surface area contributed by atoms with E-state index in [-0.39, 0.29) is 38.2 Å². The highest BCUT2D eigenvalue weighted by molar-refractivity contribution is 5.77. The van der Waals surface area contributed by atoms with E-state index < -0.39 is 16.9 Å². The van der Waals surface area contributed by atoms with Gasteiger partial charge in [-0.25, -0.2) is 0 Å². The van der Waals surface area contributed by atoms with Gasteiger partial charge >= 0.3 is 11.9 Å². The number of nitro groups is 1. The van der Waals surface area contributed by atoms with Crippen LogP contribution in [-0.4, -0.2) is 30.1 Å². The minimum atomic E-state index is -0.526. The molecule has 0 aliphatic carbocycles. The Morgan fingerprint density at radius 1 is 1.14 bits per heavy atom. The minimum absolute atomic E-state index is 0.0000672. The van der Waals surface area contributed by atoms with Crippen LogP contribution >= 0.6 is 0 Å². The molecule has 0 amide bonds. The van der Waals surface area contributed by atoms with Crippen LogP contribution in [0.25, 0.3) is 0 Å². The second-order valence-electron chi connectivity index (χ2n) is 4.16. The highest BCUT2D eigenvalue weighted by atomic mass is 16.6. The molecule has 7 heteroatoms. The third-order valence-corrected chi connectivity index (χ3v) is 2.66. The number of hydrogen-bond donors (Lipinski definition) is 0. The number of nitro benzene ring substituents is 1. The smallest absolute Gasteiger partial charge is 0.306 e. The lowest BCUT2D eigenvalue weighted by Crippen LogP contribution is -2.12. The first-order chi connectivity index (χ1) is 10.0. The highest BCUT2D eigenvalue weighted by Gasteiger charge is 2.13. The van der Waals surface area contributed by atoms with Gasteiger partial charge in [-0.2, -0.15) is 0 Å². The zero-order chi connectivity index (χ0) is 15.7. The van der Waals surface area contributed by atoms with E-state index in [1.165, 1.54) is 6.07 Å². The predicted molar refractivity (Wildman–Crippen MR) is 73.6 cm³/mol. The molecule has 0 spiro atoms. The first-order valence-electron chi connectivity index (χ1n) is 6.58. The van der Waals surface area contributed by atoms with Gasteiger partial charge in [-0.3, -0.25) is 19.7 Å². The standard InChI is InChI=1S/C14H17NO6/c1-2-20-13(16)7-8-14(17)21-10-9-11-5-3-4-6-12(11)15(18)19/h3-6H,2,7-10H2,1H3. The molecule has 1 aromatic rings. The molecular formula is C14H17NO6. The van der Waals surface area contributed by atoms with Crippen LogP contribution in [0.5, 0.6) is 0 Å². The first-order valence-corrected chi connectivity index (χ1v) is 6.58. The van der Waals surface area contributed by atoms with Crippen molar-refractivity contribution < 1.29 is 24.0 Å². The molecule has 0 aromatic heterocycles. The van der Waals surface area contributed by atoms with Gasteiger partial charge in [-0.1, -0.05) is 18.2 Å². The van der Waals surface area contributed by atoms with Crippen molar-refractivity contribution in [3.05, 3.63) is 39.9 Å². The van der Waals surface area contributed by atoms with Crippen LogP contribution in [0.15, 0.2) is 24.3 Å². The fourth-order valence-corrected chi connectivity index (χ4v) is 1.68. The maximum atomic E-state index is 11.4. The minimum Gasteiger partial charge on any atom is -0.466 e. The summed E-state index contributed by atoms with van der Waals surface area (Å²) in [5, 5.41) is 10.8. The average molecular weight is 295 g/mol. The van der Waals surface area contributed by atoms with Crippen LogP contribution in [0, 0.1) is 10.1 Å². The van der Waals surface area contributed by atoms with Crippen LogP contribution in [-0.2, 0) is 25.5 Å². The van der Waals surface area contributed by atoms with Crippen molar-refractivity contribution in [2.45, 2.75) is 26.2 Å². The lowest BCUT2D eigenvalue weighted by Gasteiger charge is -2.05. The van der Waals surface area contributed by atoms with Gasteiger partial charge < -0.3 is 9.47 Å². The number of esters is 2. The molecule has 1 rings (SSSR count). The Morgan fingerprint density at radius 2 is 1.76 bits per heavy atom. The maximum absolute atomic E-state index is 11.4. The molecule has 0 saturated carbocycles. The van der Waals surface area contributed by atoms with Gasteiger partial charge in [0.15, 0.2) is 0 Å². The third kappa shape index (κ3) is 6.03. The summed E-state index contributed by atoms with van der Waals surface area (Å²) in [6.07, 6.45) is 0.163. The Hall–Kier alpha value is -2.44. The molecule has 0 fully saturated rings. The summed E-state index contributed by atoms with van der Waals surface area (Å²) in [7, 11) is 0. The van der Waals surface area contributed by atoms with E-state index in [1.807, 2.05) is 0 Å². The third-order valence-electron chi connectivity index (χ3n) is 2.66. The van der Waals surface area contributed by atoms with Crippen molar-refractivity contribution in [2.24, 2.45) is 0 Å². The van der Waals surface area contributed by atoms with E-state index in [4.69, 9.17) is 4.74 Å². The van der Waals surface area contributed by atoms with Gasteiger partial charge in [0.1, 0.15) is 0 Å². The maximum Gasteiger partial charge on any atom is 0.306 e. The molecule has 0 saturated heterocycles. The summed E-state index contributed by atoms with van der Waals surface area (Å²) in [5.74, 6) is -0.977. The van der Waals surface area contributed by atoms with Crippen LogP contribution in [0.4, 0.5) is 5.69 Å². The normalized spacial score (nSPS) is 9.95. The van der Waals surface area contributed by atoms with Gasteiger partial charge in [0.25, 0.3) is 5.69 Å². The van der Waals surface area contributed by atoms with Crippen molar-refractivity contribution in [3.63, 3.8) is 0 Å². The fraction of sp³-hybridized carbons (Fsp3) is 0.429. The summed E-state index contributed by atoms with van der Waals surface area (Å²) >= 11 is 0. The SMILES string of the molecule is CCOC(=O)CCC(=O)OCCc1ccccc1[N+](=O)[O-]. The zero-order valence-corrected chi connectivity index (χ0v) is 11.7.